The smallest absolute Gasteiger partial charge is 0.420 e. The number of para-hydroxylation sites is 1. The number of ketones is 1. The van der Waals surface area contributed by atoms with Crippen LogP contribution in [0.5, 0.6) is 11.5 Å². The molecule has 2 aliphatic rings. The Kier molecular flexibility index (Phi) is 11.2. The van der Waals surface area contributed by atoms with Gasteiger partial charge in [0.25, 0.3) is 0 Å². The highest BCUT2D eigenvalue weighted by molar-refractivity contribution is 7.91. The molecule has 2 aromatic carbocycles. The quantitative estimate of drug-likeness (QED) is 0.179. The first-order chi connectivity index (χ1) is 23.2. The number of aromatic nitrogens is 2. The maximum atomic E-state index is 14.3. The Balaban J connectivity index is 1.36. The number of hydrogen-bond donors (Lipinski definition) is 0. The Labute approximate surface area is 281 Å². The fraction of sp³-hybridized carbons (Fsp3) is 0.500. The number of alkyl halides is 3. The summed E-state index contributed by atoms with van der Waals surface area (Å²) in [6.07, 6.45) is -4.60. The van der Waals surface area contributed by atoms with Crippen LogP contribution >= 0.6 is 0 Å². The Morgan fingerprint density at radius 1 is 1.10 bits per heavy atom. The van der Waals surface area contributed by atoms with E-state index in [0.29, 0.717) is 32.7 Å². The standard InChI is InChI=1S/C32H38F3N5O8S/c1-31(2)29(24(42)20-41)39(21-40(31)11-10-38-12-14-46-15-13-38)19-28-36-30(37-48-28)22-8-9-25(23(18-22)32(33,34)35)47-26-6-4-5-7-27(26)49(43,44)17-16-45-3/h4-9,18,20,29H,10-17,19,21H2,1-3H3. The SMILES string of the molecule is COCCS(=O)(=O)c1ccccc1Oc1ccc(-c2noc(CN3CN(CCN4CCOCC4)C(C)(C)C3C(=O)C=O)n2)cc1C(F)(F)F. The van der Waals surface area contributed by atoms with E-state index in [-0.39, 0.29) is 46.8 Å². The molecule has 1 atom stereocenters. The van der Waals surface area contributed by atoms with Gasteiger partial charge in [-0.3, -0.25) is 24.3 Å². The van der Waals surface area contributed by atoms with E-state index in [9.17, 15) is 31.2 Å². The molecule has 13 nitrogen and oxygen atoms in total. The molecule has 266 valence electrons. The van der Waals surface area contributed by atoms with Crippen LogP contribution in [0, 0.1) is 0 Å². The molecule has 5 rings (SSSR count). The van der Waals surface area contributed by atoms with Crippen molar-refractivity contribution in [2.75, 3.05) is 65.5 Å². The van der Waals surface area contributed by atoms with Crippen molar-refractivity contribution in [3.8, 4) is 22.9 Å². The topological polar surface area (TPSA) is 145 Å². The van der Waals surface area contributed by atoms with E-state index in [1.54, 1.807) is 4.90 Å². The van der Waals surface area contributed by atoms with E-state index in [2.05, 4.69) is 19.9 Å². The maximum absolute atomic E-state index is 14.3. The van der Waals surface area contributed by atoms with Gasteiger partial charge in [0.05, 0.1) is 50.4 Å². The number of benzene rings is 2. The van der Waals surface area contributed by atoms with Gasteiger partial charge in [-0.2, -0.15) is 18.2 Å². The lowest BCUT2D eigenvalue weighted by molar-refractivity contribution is -0.138. The molecule has 49 heavy (non-hydrogen) atoms. The number of ether oxygens (including phenoxy) is 3. The summed E-state index contributed by atoms with van der Waals surface area (Å²) in [7, 11) is -2.59. The average molecular weight is 710 g/mol. The van der Waals surface area contributed by atoms with Crippen molar-refractivity contribution < 1.29 is 49.9 Å². The summed E-state index contributed by atoms with van der Waals surface area (Å²) in [5.41, 5.74) is -1.94. The zero-order valence-corrected chi connectivity index (χ0v) is 28.1. The molecule has 17 heteroatoms. The van der Waals surface area contributed by atoms with Crippen molar-refractivity contribution in [3.63, 3.8) is 0 Å². The summed E-state index contributed by atoms with van der Waals surface area (Å²) in [6.45, 7) is 8.19. The maximum Gasteiger partial charge on any atom is 0.420 e. The Hall–Kier alpha value is -3.74. The molecular weight excluding hydrogens is 671 g/mol. The van der Waals surface area contributed by atoms with Crippen LogP contribution in [-0.4, -0.2) is 122 Å². The lowest BCUT2D eigenvalue weighted by atomic mass is 9.91. The third-order valence-electron chi connectivity index (χ3n) is 8.69. The fourth-order valence-electron chi connectivity index (χ4n) is 6.09. The zero-order valence-electron chi connectivity index (χ0n) is 27.3. The molecule has 2 saturated heterocycles. The van der Waals surface area contributed by atoms with E-state index in [1.165, 1.54) is 37.4 Å². The minimum Gasteiger partial charge on any atom is -0.455 e. The highest BCUT2D eigenvalue weighted by atomic mass is 32.2. The summed E-state index contributed by atoms with van der Waals surface area (Å²) >= 11 is 0. The first-order valence-corrected chi connectivity index (χ1v) is 17.2. The van der Waals surface area contributed by atoms with Crippen molar-refractivity contribution in [2.24, 2.45) is 0 Å². The van der Waals surface area contributed by atoms with Gasteiger partial charge in [-0.25, -0.2) is 8.42 Å². The number of carbonyl (C=O) groups excluding carboxylic acids is 2. The summed E-state index contributed by atoms with van der Waals surface area (Å²) < 4.78 is 89.8. The monoisotopic (exact) mass is 709 g/mol. The van der Waals surface area contributed by atoms with Crippen LogP contribution in [0.25, 0.3) is 11.4 Å². The largest absolute Gasteiger partial charge is 0.455 e. The Bertz CT molecular complexity index is 1740. The first-order valence-electron chi connectivity index (χ1n) is 15.6. The van der Waals surface area contributed by atoms with Gasteiger partial charge in [-0.1, -0.05) is 17.3 Å². The van der Waals surface area contributed by atoms with Gasteiger partial charge in [0.1, 0.15) is 16.4 Å². The molecule has 1 aromatic heterocycles. The number of rotatable bonds is 14. The van der Waals surface area contributed by atoms with Crippen molar-refractivity contribution in [2.45, 2.75) is 43.0 Å². The van der Waals surface area contributed by atoms with Crippen LogP contribution in [0.3, 0.4) is 0 Å². The van der Waals surface area contributed by atoms with Crippen LogP contribution < -0.4 is 4.74 Å². The number of hydrogen-bond acceptors (Lipinski definition) is 13. The van der Waals surface area contributed by atoms with Crippen LogP contribution in [0.15, 0.2) is 51.9 Å². The molecule has 0 spiro atoms. The minimum absolute atomic E-state index is 0.0314. The van der Waals surface area contributed by atoms with Crippen molar-refractivity contribution in [1.82, 2.24) is 24.8 Å². The summed E-state index contributed by atoms with van der Waals surface area (Å²) in [5, 5.41) is 3.88. The molecule has 0 radical (unpaired) electrons. The number of morpholine rings is 1. The Morgan fingerprint density at radius 3 is 2.53 bits per heavy atom. The predicted octanol–water partition coefficient (Wildman–Crippen LogP) is 3.29. The van der Waals surface area contributed by atoms with E-state index in [1.807, 2.05) is 13.8 Å². The molecule has 0 saturated carbocycles. The third-order valence-corrected chi connectivity index (χ3v) is 10.4. The lowest BCUT2D eigenvalue weighted by Gasteiger charge is -2.36. The van der Waals surface area contributed by atoms with Crippen molar-refractivity contribution in [1.29, 1.82) is 0 Å². The molecule has 3 heterocycles. The number of Topliss-reactive ketones (excluding diaryl/α,β-unsaturated/α-hetero) is 1. The lowest BCUT2D eigenvalue weighted by Crippen LogP contribution is -2.52. The second kappa shape index (κ2) is 15.0. The van der Waals surface area contributed by atoms with E-state index >= 15 is 0 Å². The van der Waals surface area contributed by atoms with Crippen LogP contribution in [0.4, 0.5) is 13.2 Å². The van der Waals surface area contributed by atoms with E-state index in [0.717, 1.165) is 31.8 Å². The molecule has 3 aromatic rings. The third kappa shape index (κ3) is 8.36. The number of nitrogens with zero attached hydrogens (tertiary/aromatic N) is 5. The minimum atomic E-state index is -4.89. The van der Waals surface area contributed by atoms with Gasteiger partial charge in [0.15, 0.2) is 16.1 Å². The zero-order chi connectivity index (χ0) is 35.4. The van der Waals surface area contributed by atoms with Crippen LogP contribution in [0.2, 0.25) is 0 Å². The highest BCUT2D eigenvalue weighted by Gasteiger charge is 2.50. The van der Waals surface area contributed by atoms with E-state index < -0.39 is 44.7 Å². The Morgan fingerprint density at radius 2 is 1.84 bits per heavy atom. The average Bonchev–Trinajstić information content (AvgIpc) is 3.63. The number of aldehydes is 1. The van der Waals surface area contributed by atoms with E-state index in [4.69, 9.17) is 18.7 Å². The van der Waals surface area contributed by atoms with Crippen molar-refractivity contribution >= 4 is 21.9 Å². The van der Waals surface area contributed by atoms with Gasteiger partial charge < -0.3 is 18.7 Å². The van der Waals surface area contributed by atoms with Crippen LogP contribution in [-0.2, 0) is 41.6 Å². The van der Waals surface area contributed by atoms with Gasteiger partial charge in [0.2, 0.25) is 17.5 Å². The predicted molar refractivity (Wildman–Crippen MR) is 168 cm³/mol. The number of methoxy groups -OCH3 is 1. The molecule has 0 bridgehead atoms. The van der Waals surface area contributed by atoms with Crippen LogP contribution in [0.1, 0.15) is 25.3 Å². The molecule has 0 amide bonds. The second-order valence-corrected chi connectivity index (χ2v) is 14.3. The molecule has 1 unspecified atom stereocenters. The summed E-state index contributed by atoms with van der Waals surface area (Å²) in [6, 6.07) is 7.73. The van der Waals surface area contributed by atoms with Gasteiger partial charge in [-0.05, 0) is 44.2 Å². The fourth-order valence-corrected chi connectivity index (χ4v) is 7.39. The summed E-state index contributed by atoms with van der Waals surface area (Å²) in [5.74, 6) is -2.01. The molecule has 2 fully saturated rings. The van der Waals surface area contributed by atoms with Gasteiger partial charge in [0, 0.05) is 44.4 Å². The van der Waals surface area contributed by atoms with Crippen molar-refractivity contribution in [3.05, 3.63) is 53.9 Å². The van der Waals surface area contributed by atoms with Gasteiger partial charge in [-0.15, -0.1) is 0 Å². The normalized spacial score (nSPS) is 19.3. The molecule has 0 N–H and O–H groups in total. The molecule has 2 aliphatic heterocycles. The molecular formula is C32H38F3N5O8S. The number of halogens is 3. The molecule has 0 aliphatic carbocycles. The second-order valence-electron chi connectivity index (χ2n) is 12.3. The highest BCUT2D eigenvalue weighted by Crippen LogP contribution is 2.41. The number of carbonyl (C=O) groups is 2. The van der Waals surface area contributed by atoms with Gasteiger partial charge >= 0.3 is 6.18 Å². The summed E-state index contributed by atoms with van der Waals surface area (Å²) in [4.78, 5) is 34.6. The first kappa shape index (κ1) is 36.5. The number of sulfone groups is 1.